The van der Waals surface area contributed by atoms with E-state index in [9.17, 15) is 13.2 Å². The number of methoxy groups -OCH3 is 1. The van der Waals surface area contributed by atoms with Crippen LogP contribution in [0.5, 0.6) is 5.75 Å². The SMILES string of the molecule is COc1ccccc1CN(C)C(=O)c1ccc(CN(C)S(=O)(=O)c2ccccc2)cc1. The lowest BCUT2D eigenvalue weighted by molar-refractivity contribution is 0.0784. The monoisotopic (exact) mass is 438 g/mol. The van der Waals surface area contributed by atoms with Crippen molar-refractivity contribution in [2.45, 2.75) is 18.0 Å². The lowest BCUT2D eigenvalue weighted by Gasteiger charge is -2.20. The fourth-order valence-corrected chi connectivity index (χ4v) is 4.43. The molecule has 1 amide bonds. The minimum Gasteiger partial charge on any atom is -0.496 e. The summed E-state index contributed by atoms with van der Waals surface area (Å²) < 4.78 is 32.0. The maximum atomic E-state index is 12.8. The predicted octanol–water partition coefficient (Wildman–Crippen LogP) is 3.79. The maximum Gasteiger partial charge on any atom is 0.253 e. The molecule has 0 radical (unpaired) electrons. The third kappa shape index (κ3) is 5.31. The standard InChI is InChI=1S/C24H26N2O4S/c1-25(18-21-9-7-8-12-23(21)30-3)24(27)20-15-13-19(14-16-20)17-26(2)31(28,29)22-10-5-4-6-11-22/h4-16H,17-18H2,1-3H3. The first kappa shape index (κ1) is 22.5. The van der Waals surface area contributed by atoms with Gasteiger partial charge >= 0.3 is 0 Å². The Labute approximate surface area is 183 Å². The summed E-state index contributed by atoms with van der Waals surface area (Å²) in [7, 11) is 1.32. The van der Waals surface area contributed by atoms with E-state index in [0.717, 1.165) is 16.9 Å². The van der Waals surface area contributed by atoms with E-state index >= 15 is 0 Å². The van der Waals surface area contributed by atoms with Crippen molar-refractivity contribution < 1.29 is 17.9 Å². The lowest BCUT2D eigenvalue weighted by Crippen LogP contribution is -2.27. The summed E-state index contributed by atoms with van der Waals surface area (Å²) in [5.74, 6) is 0.614. The van der Waals surface area contributed by atoms with Crippen LogP contribution in [0.1, 0.15) is 21.5 Å². The molecule has 3 aromatic carbocycles. The molecule has 0 saturated heterocycles. The maximum absolute atomic E-state index is 12.8. The van der Waals surface area contributed by atoms with Crippen LogP contribution in [0.2, 0.25) is 0 Å². The number of ether oxygens (including phenoxy) is 1. The predicted molar refractivity (Wildman–Crippen MR) is 120 cm³/mol. The normalized spacial score (nSPS) is 11.4. The molecule has 0 unspecified atom stereocenters. The first-order chi connectivity index (χ1) is 14.8. The summed E-state index contributed by atoms with van der Waals surface area (Å²) in [5, 5.41) is 0. The van der Waals surface area contributed by atoms with Crippen molar-refractivity contribution in [2.24, 2.45) is 0 Å². The van der Waals surface area contributed by atoms with Crippen molar-refractivity contribution in [2.75, 3.05) is 21.2 Å². The summed E-state index contributed by atoms with van der Waals surface area (Å²) in [6.07, 6.45) is 0. The zero-order valence-electron chi connectivity index (χ0n) is 17.9. The Bertz CT molecular complexity index is 1130. The van der Waals surface area contributed by atoms with Crippen molar-refractivity contribution in [1.29, 1.82) is 0 Å². The van der Waals surface area contributed by atoms with Gasteiger partial charge in [0.1, 0.15) is 5.75 Å². The second-order valence-electron chi connectivity index (χ2n) is 7.24. The quantitative estimate of drug-likeness (QED) is 0.537. The van der Waals surface area contributed by atoms with Gasteiger partial charge in [0.25, 0.3) is 5.91 Å². The molecule has 0 aromatic heterocycles. The van der Waals surface area contributed by atoms with Crippen molar-refractivity contribution >= 4 is 15.9 Å². The van der Waals surface area contributed by atoms with Gasteiger partial charge in [-0.3, -0.25) is 4.79 Å². The Morgan fingerprint density at radius 3 is 2.10 bits per heavy atom. The third-order valence-corrected chi connectivity index (χ3v) is 6.82. The van der Waals surface area contributed by atoms with Gasteiger partial charge < -0.3 is 9.64 Å². The number of hydrogen-bond acceptors (Lipinski definition) is 4. The molecule has 0 fully saturated rings. The van der Waals surface area contributed by atoms with Gasteiger partial charge in [0.15, 0.2) is 0 Å². The second-order valence-corrected chi connectivity index (χ2v) is 9.29. The van der Waals surface area contributed by atoms with Crippen LogP contribution in [-0.2, 0) is 23.1 Å². The molecule has 0 N–H and O–H groups in total. The van der Waals surface area contributed by atoms with E-state index < -0.39 is 10.0 Å². The summed E-state index contributed by atoms with van der Waals surface area (Å²) in [4.78, 5) is 14.7. The number of amides is 1. The molecule has 0 aliphatic heterocycles. The average molecular weight is 439 g/mol. The first-order valence-electron chi connectivity index (χ1n) is 9.80. The van der Waals surface area contributed by atoms with Crippen LogP contribution < -0.4 is 4.74 Å². The number of carbonyl (C=O) groups excluding carboxylic acids is 1. The van der Waals surface area contributed by atoms with E-state index in [4.69, 9.17) is 4.74 Å². The Balaban J connectivity index is 1.67. The second kappa shape index (κ2) is 9.76. The van der Waals surface area contributed by atoms with Crippen LogP contribution in [0.3, 0.4) is 0 Å². The zero-order chi connectivity index (χ0) is 22.4. The zero-order valence-corrected chi connectivity index (χ0v) is 18.7. The summed E-state index contributed by atoms with van der Waals surface area (Å²) in [6, 6.07) is 22.9. The van der Waals surface area contributed by atoms with Gasteiger partial charge in [0, 0.05) is 38.3 Å². The van der Waals surface area contributed by atoms with E-state index in [-0.39, 0.29) is 17.3 Å². The summed E-state index contributed by atoms with van der Waals surface area (Å²) in [6.45, 7) is 0.630. The van der Waals surface area contributed by atoms with Crippen molar-refractivity contribution in [3.63, 3.8) is 0 Å². The smallest absolute Gasteiger partial charge is 0.253 e. The van der Waals surface area contributed by atoms with Gasteiger partial charge in [-0.2, -0.15) is 4.31 Å². The molecule has 0 heterocycles. The van der Waals surface area contributed by atoms with Crippen LogP contribution in [0.4, 0.5) is 0 Å². The highest BCUT2D eigenvalue weighted by Gasteiger charge is 2.21. The fraction of sp³-hybridized carbons (Fsp3) is 0.208. The van der Waals surface area contributed by atoms with Gasteiger partial charge in [-0.15, -0.1) is 0 Å². The summed E-state index contributed by atoms with van der Waals surface area (Å²) >= 11 is 0. The number of hydrogen-bond donors (Lipinski definition) is 0. The highest BCUT2D eigenvalue weighted by Crippen LogP contribution is 2.20. The van der Waals surface area contributed by atoms with Crippen LogP contribution in [0.25, 0.3) is 0 Å². The molecule has 3 rings (SSSR count). The molecule has 0 spiro atoms. The molecule has 7 heteroatoms. The van der Waals surface area contributed by atoms with Crippen LogP contribution in [0.15, 0.2) is 83.8 Å². The van der Waals surface area contributed by atoms with Gasteiger partial charge in [0.2, 0.25) is 10.0 Å². The Kier molecular flexibility index (Phi) is 7.09. The van der Waals surface area contributed by atoms with E-state index in [1.54, 1.807) is 80.7 Å². The number of para-hydroxylation sites is 1. The first-order valence-corrected chi connectivity index (χ1v) is 11.2. The Morgan fingerprint density at radius 1 is 0.839 bits per heavy atom. The number of benzene rings is 3. The number of nitrogens with zero attached hydrogens (tertiary/aromatic N) is 2. The van der Waals surface area contributed by atoms with E-state index in [1.807, 2.05) is 24.3 Å². The Morgan fingerprint density at radius 2 is 1.45 bits per heavy atom. The van der Waals surface area contributed by atoms with Gasteiger partial charge in [-0.25, -0.2) is 8.42 Å². The van der Waals surface area contributed by atoms with Crippen LogP contribution >= 0.6 is 0 Å². The van der Waals surface area contributed by atoms with Gasteiger partial charge in [0.05, 0.1) is 12.0 Å². The molecular formula is C24H26N2O4S. The summed E-state index contributed by atoms with van der Waals surface area (Å²) in [5.41, 5.74) is 2.26. The Hall–Kier alpha value is -3.16. The molecule has 0 saturated carbocycles. The molecule has 6 nitrogen and oxygen atoms in total. The van der Waals surface area contributed by atoms with E-state index in [0.29, 0.717) is 12.1 Å². The third-order valence-electron chi connectivity index (χ3n) is 5.00. The number of sulfonamides is 1. The van der Waals surface area contributed by atoms with Gasteiger partial charge in [-0.05, 0) is 35.9 Å². The van der Waals surface area contributed by atoms with Gasteiger partial charge in [-0.1, -0.05) is 48.5 Å². The fourth-order valence-electron chi connectivity index (χ4n) is 3.25. The minimum absolute atomic E-state index is 0.122. The highest BCUT2D eigenvalue weighted by atomic mass is 32.2. The van der Waals surface area contributed by atoms with E-state index in [2.05, 4.69) is 0 Å². The number of carbonyl (C=O) groups is 1. The molecule has 0 aliphatic carbocycles. The molecule has 3 aromatic rings. The molecule has 31 heavy (non-hydrogen) atoms. The molecule has 0 bridgehead atoms. The average Bonchev–Trinajstić information content (AvgIpc) is 2.80. The molecule has 0 atom stereocenters. The highest BCUT2D eigenvalue weighted by molar-refractivity contribution is 7.89. The van der Waals surface area contributed by atoms with E-state index in [1.165, 1.54) is 4.31 Å². The molecular weight excluding hydrogens is 412 g/mol. The lowest BCUT2D eigenvalue weighted by atomic mass is 10.1. The van der Waals surface area contributed by atoms with Crippen LogP contribution in [0, 0.1) is 0 Å². The largest absolute Gasteiger partial charge is 0.496 e. The molecule has 162 valence electrons. The van der Waals surface area contributed by atoms with Crippen molar-refractivity contribution in [3.8, 4) is 5.75 Å². The topological polar surface area (TPSA) is 66.9 Å². The molecule has 0 aliphatic rings. The van der Waals surface area contributed by atoms with Crippen LogP contribution in [-0.4, -0.2) is 44.7 Å². The minimum atomic E-state index is -3.57. The van der Waals surface area contributed by atoms with Crippen molar-refractivity contribution in [1.82, 2.24) is 9.21 Å². The van der Waals surface area contributed by atoms with Crippen molar-refractivity contribution in [3.05, 3.63) is 95.6 Å². The number of rotatable bonds is 8.